The minimum Gasteiger partial charge on any atom is -0.306 e. The predicted octanol–water partition coefficient (Wildman–Crippen LogP) is 3.25. The van der Waals surface area contributed by atoms with E-state index in [1.807, 2.05) is 17.1 Å². The Morgan fingerprint density at radius 3 is 2.47 bits per heavy atom. The van der Waals surface area contributed by atoms with Gasteiger partial charge in [0.25, 0.3) is 0 Å². The van der Waals surface area contributed by atoms with Crippen LogP contribution in [-0.2, 0) is 6.42 Å². The first-order valence-corrected chi connectivity index (χ1v) is 4.97. The third-order valence-corrected chi connectivity index (χ3v) is 2.28. The number of aromatic nitrogens is 2. The second kappa shape index (κ2) is 5.56. The van der Waals surface area contributed by atoms with Crippen LogP contribution in [0.1, 0.15) is 18.9 Å². The average Bonchev–Trinajstić information content (AvgIpc) is 2.72. The molecular formula is C12H15ClN2. The molecule has 0 unspecified atom stereocenters. The molecular weight excluding hydrogens is 208 g/mol. The molecule has 0 saturated carbocycles. The monoisotopic (exact) mass is 222 g/mol. The summed E-state index contributed by atoms with van der Waals surface area (Å²) < 4.78 is 2.01. The summed E-state index contributed by atoms with van der Waals surface area (Å²) in [5.74, 6) is 0. The highest BCUT2D eigenvalue weighted by Gasteiger charge is 1.95. The molecule has 0 aliphatic heterocycles. The average molecular weight is 223 g/mol. The normalized spacial score (nSPS) is 9.67. The summed E-state index contributed by atoms with van der Waals surface area (Å²) in [7, 11) is 0. The van der Waals surface area contributed by atoms with E-state index in [0.29, 0.717) is 0 Å². The molecule has 15 heavy (non-hydrogen) atoms. The van der Waals surface area contributed by atoms with Gasteiger partial charge < -0.3 is 4.57 Å². The van der Waals surface area contributed by atoms with Crippen LogP contribution in [0.4, 0.5) is 0 Å². The second-order valence-corrected chi connectivity index (χ2v) is 3.39. The van der Waals surface area contributed by atoms with E-state index in [4.69, 9.17) is 0 Å². The summed E-state index contributed by atoms with van der Waals surface area (Å²) in [5.41, 5.74) is 2.57. The zero-order valence-corrected chi connectivity index (χ0v) is 9.57. The van der Waals surface area contributed by atoms with Crippen molar-refractivity contribution in [1.29, 1.82) is 0 Å². The fourth-order valence-corrected chi connectivity index (χ4v) is 1.54. The number of aryl methyl sites for hydroxylation is 1. The van der Waals surface area contributed by atoms with Gasteiger partial charge in [0.05, 0.1) is 6.33 Å². The maximum Gasteiger partial charge on any atom is 0.0991 e. The fraction of sp³-hybridized carbons (Fsp3) is 0.250. The van der Waals surface area contributed by atoms with Crippen molar-refractivity contribution in [2.24, 2.45) is 0 Å². The maximum atomic E-state index is 4.02. The topological polar surface area (TPSA) is 17.8 Å². The smallest absolute Gasteiger partial charge is 0.0991 e. The van der Waals surface area contributed by atoms with E-state index < -0.39 is 0 Å². The lowest BCUT2D eigenvalue weighted by molar-refractivity contribution is 0.919. The van der Waals surface area contributed by atoms with Gasteiger partial charge in [-0.05, 0) is 24.1 Å². The Bertz CT molecular complexity index is 379. The first-order valence-electron chi connectivity index (χ1n) is 4.97. The summed E-state index contributed by atoms with van der Waals surface area (Å²) >= 11 is 0. The van der Waals surface area contributed by atoms with Crippen LogP contribution in [0, 0.1) is 0 Å². The molecule has 1 aromatic carbocycles. The Labute approximate surface area is 96.4 Å². The molecule has 0 spiro atoms. The van der Waals surface area contributed by atoms with Crippen LogP contribution in [0.5, 0.6) is 0 Å². The van der Waals surface area contributed by atoms with Crippen LogP contribution in [0.25, 0.3) is 5.69 Å². The van der Waals surface area contributed by atoms with Gasteiger partial charge in [-0.15, -0.1) is 12.4 Å². The molecule has 1 heterocycles. The van der Waals surface area contributed by atoms with Crippen molar-refractivity contribution in [3.05, 3.63) is 48.5 Å². The Balaban J connectivity index is 0.00000112. The summed E-state index contributed by atoms with van der Waals surface area (Å²) in [6.45, 7) is 2.20. The maximum absolute atomic E-state index is 4.02. The molecule has 1 aromatic heterocycles. The molecule has 80 valence electrons. The molecule has 0 amide bonds. The van der Waals surface area contributed by atoms with Gasteiger partial charge in [-0.1, -0.05) is 25.5 Å². The standard InChI is InChI=1S/C12H14N2.ClH/c1-2-3-11-4-6-12(7-5-11)14-9-8-13-10-14;/h4-10H,2-3H2,1H3;1H. The van der Waals surface area contributed by atoms with Crippen molar-refractivity contribution in [1.82, 2.24) is 9.55 Å². The first-order chi connectivity index (χ1) is 6.90. The Hall–Kier alpha value is -1.28. The molecule has 2 aromatic rings. The number of imidazole rings is 1. The Kier molecular flexibility index (Phi) is 4.37. The lowest BCUT2D eigenvalue weighted by Crippen LogP contribution is -1.90. The second-order valence-electron chi connectivity index (χ2n) is 3.39. The van der Waals surface area contributed by atoms with Crippen molar-refractivity contribution in [2.75, 3.05) is 0 Å². The van der Waals surface area contributed by atoms with E-state index in [1.54, 1.807) is 6.20 Å². The van der Waals surface area contributed by atoms with Gasteiger partial charge in [0.1, 0.15) is 0 Å². The van der Waals surface area contributed by atoms with E-state index in [2.05, 4.69) is 36.2 Å². The van der Waals surface area contributed by atoms with E-state index in [-0.39, 0.29) is 12.4 Å². The highest BCUT2D eigenvalue weighted by atomic mass is 35.5. The van der Waals surface area contributed by atoms with Crippen molar-refractivity contribution in [3.8, 4) is 5.69 Å². The molecule has 0 bridgehead atoms. The third-order valence-electron chi connectivity index (χ3n) is 2.28. The number of hydrogen-bond acceptors (Lipinski definition) is 1. The van der Waals surface area contributed by atoms with Crippen molar-refractivity contribution >= 4 is 12.4 Å². The minimum absolute atomic E-state index is 0. The molecule has 0 aliphatic carbocycles. The summed E-state index contributed by atoms with van der Waals surface area (Å²) in [6.07, 6.45) is 7.91. The van der Waals surface area contributed by atoms with Crippen LogP contribution >= 0.6 is 12.4 Å². The summed E-state index contributed by atoms with van der Waals surface area (Å²) in [4.78, 5) is 4.02. The van der Waals surface area contributed by atoms with Crippen molar-refractivity contribution in [3.63, 3.8) is 0 Å². The SMILES string of the molecule is CCCc1ccc(-n2ccnc2)cc1.Cl. The lowest BCUT2D eigenvalue weighted by atomic mass is 10.1. The number of nitrogens with zero attached hydrogens (tertiary/aromatic N) is 2. The van der Waals surface area contributed by atoms with Crippen LogP contribution in [0.2, 0.25) is 0 Å². The van der Waals surface area contributed by atoms with E-state index in [0.717, 1.165) is 6.42 Å². The van der Waals surface area contributed by atoms with Crippen LogP contribution < -0.4 is 0 Å². The van der Waals surface area contributed by atoms with Gasteiger partial charge in [-0.3, -0.25) is 0 Å². The molecule has 0 radical (unpaired) electrons. The van der Waals surface area contributed by atoms with Gasteiger partial charge in [-0.25, -0.2) is 4.98 Å². The summed E-state index contributed by atoms with van der Waals surface area (Å²) in [6, 6.07) is 8.62. The first kappa shape index (κ1) is 11.8. The predicted molar refractivity (Wildman–Crippen MR) is 64.8 cm³/mol. The zero-order chi connectivity index (χ0) is 9.80. The molecule has 2 rings (SSSR count). The van der Waals surface area contributed by atoms with Gasteiger partial charge in [0, 0.05) is 18.1 Å². The van der Waals surface area contributed by atoms with Crippen molar-refractivity contribution < 1.29 is 0 Å². The van der Waals surface area contributed by atoms with Crippen LogP contribution in [0.15, 0.2) is 43.0 Å². The van der Waals surface area contributed by atoms with Crippen LogP contribution in [-0.4, -0.2) is 9.55 Å². The molecule has 0 N–H and O–H groups in total. The van der Waals surface area contributed by atoms with Crippen molar-refractivity contribution in [2.45, 2.75) is 19.8 Å². The quantitative estimate of drug-likeness (QED) is 0.780. The third kappa shape index (κ3) is 2.83. The molecule has 0 atom stereocenters. The molecule has 0 aliphatic rings. The van der Waals surface area contributed by atoms with Crippen LogP contribution in [0.3, 0.4) is 0 Å². The number of halogens is 1. The highest BCUT2D eigenvalue weighted by molar-refractivity contribution is 5.85. The molecule has 0 saturated heterocycles. The lowest BCUT2D eigenvalue weighted by Gasteiger charge is -2.03. The minimum atomic E-state index is 0. The zero-order valence-electron chi connectivity index (χ0n) is 8.76. The highest BCUT2D eigenvalue weighted by Crippen LogP contribution is 2.10. The van der Waals surface area contributed by atoms with E-state index >= 15 is 0 Å². The largest absolute Gasteiger partial charge is 0.306 e. The van der Waals surface area contributed by atoms with Gasteiger partial charge in [-0.2, -0.15) is 0 Å². The van der Waals surface area contributed by atoms with E-state index in [1.165, 1.54) is 17.7 Å². The summed E-state index contributed by atoms with van der Waals surface area (Å²) in [5, 5.41) is 0. The Morgan fingerprint density at radius 2 is 1.93 bits per heavy atom. The number of benzene rings is 1. The number of rotatable bonds is 3. The van der Waals surface area contributed by atoms with E-state index in [9.17, 15) is 0 Å². The fourth-order valence-electron chi connectivity index (χ4n) is 1.54. The molecule has 2 nitrogen and oxygen atoms in total. The van der Waals surface area contributed by atoms with Gasteiger partial charge in [0.15, 0.2) is 0 Å². The van der Waals surface area contributed by atoms with Gasteiger partial charge >= 0.3 is 0 Å². The molecule has 0 fully saturated rings. The molecule has 3 heteroatoms. The number of hydrogen-bond donors (Lipinski definition) is 0. The van der Waals surface area contributed by atoms with Gasteiger partial charge in [0.2, 0.25) is 0 Å². The Morgan fingerprint density at radius 1 is 1.20 bits per heavy atom.